The van der Waals surface area contributed by atoms with Gasteiger partial charge in [0.1, 0.15) is 5.76 Å². The highest BCUT2D eigenvalue weighted by Gasteiger charge is 2.18. The molecule has 0 N–H and O–H groups in total. The van der Waals surface area contributed by atoms with Crippen LogP contribution in [0.15, 0.2) is 57.6 Å². The first-order valence-corrected chi connectivity index (χ1v) is 7.53. The summed E-state index contributed by atoms with van der Waals surface area (Å²) in [5.74, 6) is 0.207. The van der Waals surface area contributed by atoms with E-state index in [4.69, 9.17) is 13.6 Å². The zero-order valence-electron chi connectivity index (χ0n) is 13.6. The van der Waals surface area contributed by atoms with E-state index in [1.165, 1.54) is 42.7 Å². The van der Waals surface area contributed by atoms with Crippen LogP contribution < -0.4 is 0 Å². The van der Waals surface area contributed by atoms with Crippen molar-refractivity contribution in [3.05, 3.63) is 70.5 Å². The summed E-state index contributed by atoms with van der Waals surface area (Å²) in [6.45, 7) is 1.59. The third kappa shape index (κ3) is 4.01. The smallest absolute Gasteiger partial charge is 0.331 e. The summed E-state index contributed by atoms with van der Waals surface area (Å²) in [4.78, 5) is 22.0. The van der Waals surface area contributed by atoms with Crippen molar-refractivity contribution in [1.29, 1.82) is 0 Å². The van der Waals surface area contributed by atoms with E-state index in [0.29, 0.717) is 11.3 Å². The van der Waals surface area contributed by atoms with Gasteiger partial charge in [-0.05, 0) is 37.3 Å². The Labute approximate surface area is 147 Å². The number of benzene rings is 1. The number of aromatic nitrogens is 2. The van der Waals surface area contributed by atoms with Crippen LogP contribution in [0.5, 0.6) is 0 Å². The Bertz CT molecular complexity index is 928. The van der Waals surface area contributed by atoms with Gasteiger partial charge < -0.3 is 13.6 Å². The molecular formula is C17H13N3O6. The first kappa shape index (κ1) is 17.1. The molecule has 0 bridgehead atoms. The van der Waals surface area contributed by atoms with Crippen LogP contribution in [0, 0.1) is 10.1 Å². The first-order chi connectivity index (χ1) is 12.5. The van der Waals surface area contributed by atoms with Gasteiger partial charge in [-0.3, -0.25) is 10.1 Å². The van der Waals surface area contributed by atoms with Gasteiger partial charge in [0, 0.05) is 23.8 Å². The van der Waals surface area contributed by atoms with E-state index >= 15 is 0 Å². The fraction of sp³-hybridized carbons (Fsp3) is 0.118. The predicted molar refractivity (Wildman–Crippen MR) is 88.6 cm³/mol. The van der Waals surface area contributed by atoms with Crippen molar-refractivity contribution < 1.29 is 23.3 Å². The van der Waals surface area contributed by atoms with Gasteiger partial charge in [-0.15, -0.1) is 10.2 Å². The van der Waals surface area contributed by atoms with Crippen molar-refractivity contribution in [2.75, 3.05) is 0 Å². The molecule has 9 nitrogen and oxygen atoms in total. The molecule has 0 saturated heterocycles. The van der Waals surface area contributed by atoms with Crippen LogP contribution in [0.3, 0.4) is 0 Å². The lowest BCUT2D eigenvalue weighted by Gasteiger charge is -2.06. The second-order valence-electron chi connectivity index (χ2n) is 5.18. The minimum absolute atomic E-state index is 0.0425. The van der Waals surface area contributed by atoms with E-state index in [0.717, 1.165) is 0 Å². The molecule has 3 rings (SSSR count). The second kappa shape index (κ2) is 7.43. The molecule has 0 amide bonds. The van der Waals surface area contributed by atoms with Crippen LogP contribution in [0.1, 0.15) is 24.7 Å². The van der Waals surface area contributed by atoms with Crippen LogP contribution in [0.25, 0.3) is 17.5 Å². The number of nitro benzene ring substituents is 1. The van der Waals surface area contributed by atoms with E-state index in [2.05, 4.69) is 10.2 Å². The van der Waals surface area contributed by atoms with Crippen molar-refractivity contribution >= 4 is 17.7 Å². The Morgan fingerprint density at radius 3 is 2.69 bits per heavy atom. The minimum atomic E-state index is -0.761. The molecule has 0 aliphatic carbocycles. The maximum atomic E-state index is 11.8. The van der Waals surface area contributed by atoms with Gasteiger partial charge in [0.15, 0.2) is 6.10 Å². The standard InChI is InChI=1S/C17H13N3O6/c1-11(25-15(21)9-8-14-3-2-10-24-14)16-18-19-17(26-16)12-4-6-13(7-5-12)20(22)23/h2-11H,1H3/b9-8+/t11-/m1/s1. The lowest BCUT2D eigenvalue weighted by molar-refractivity contribution is -0.384. The predicted octanol–water partition coefficient (Wildman–Crippen LogP) is 3.56. The molecule has 1 aromatic carbocycles. The first-order valence-electron chi connectivity index (χ1n) is 7.53. The van der Waals surface area contributed by atoms with Gasteiger partial charge in [-0.1, -0.05) is 0 Å². The highest BCUT2D eigenvalue weighted by molar-refractivity contribution is 5.86. The largest absolute Gasteiger partial charge is 0.465 e. The van der Waals surface area contributed by atoms with Crippen molar-refractivity contribution in [3.63, 3.8) is 0 Å². The number of hydrogen-bond acceptors (Lipinski definition) is 8. The molecule has 0 aliphatic rings. The number of carbonyl (C=O) groups is 1. The van der Waals surface area contributed by atoms with Crippen LogP contribution in [0.4, 0.5) is 5.69 Å². The molecule has 132 valence electrons. The van der Waals surface area contributed by atoms with Gasteiger partial charge in [-0.2, -0.15) is 0 Å². The summed E-state index contributed by atoms with van der Waals surface area (Å²) < 4.78 is 15.7. The molecule has 0 radical (unpaired) electrons. The number of furan rings is 1. The third-order valence-corrected chi connectivity index (χ3v) is 3.33. The van der Waals surface area contributed by atoms with Gasteiger partial charge >= 0.3 is 5.97 Å². The SMILES string of the molecule is C[C@@H](OC(=O)/C=C/c1ccco1)c1nnc(-c2ccc([N+](=O)[O-])cc2)o1. The Balaban J connectivity index is 1.64. The molecule has 2 aromatic heterocycles. The highest BCUT2D eigenvalue weighted by Crippen LogP contribution is 2.24. The number of hydrogen-bond donors (Lipinski definition) is 0. The van der Waals surface area contributed by atoms with E-state index in [9.17, 15) is 14.9 Å². The van der Waals surface area contributed by atoms with Crippen LogP contribution in [0.2, 0.25) is 0 Å². The number of rotatable bonds is 6. The van der Waals surface area contributed by atoms with E-state index in [1.54, 1.807) is 19.1 Å². The number of nitro groups is 1. The van der Waals surface area contributed by atoms with Crippen LogP contribution in [-0.4, -0.2) is 21.1 Å². The Morgan fingerprint density at radius 2 is 2.04 bits per heavy atom. The Hall–Kier alpha value is -3.75. The summed E-state index contributed by atoms with van der Waals surface area (Å²) in [7, 11) is 0. The van der Waals surface area contributed by atoms with Gasteiger partial charge in [-0.25, -0.2) is 4.79 Å². The summed E-state index contributed by atoms with van der Waals surface area (Å²) in [5.41, 5.74) is 0.477. The normalized spacial score (nSPS) is 12.2. The maximum absolute atomic E-state index is 11.8. The van der Waals surface area contributed by atoms with Gasteiger partial charge in [0.25, 0.3) is 11.6 Å². The summed E-state index contributed by atoms with van der Waals surface area (Å²) in [5, 5.41) is 18.4. The van der Waals surface area contributed by atoms with Crippen molar-refractivity contribution in [2.45, 2.75) is 13.0 Å². The number of nitrogens with zero attached hydrogens (tertiary/aromatic N) is 3. The summed E-state index contributed by atoms with van der Waals surface area (Å²) in [6.07, 6.45) is 3.43. The fourth-order valence-corrected chi connectivity index (χ4v) is 2.04. The third-order valence-electron chi connectivity index (χ3n) is 3.33. The lowest BCUT2D eigenvalue weighted by Crippen LogP contribution is -2.06. The number of ether oxygens (including phenoxy) is 1. The molecule has 0 saturated carbocycles. The monoisotopic (exact) mass is 355 g/mol. The van der Waals surface area contributed by atoms with E-state index in [1.807, 2.05) is 0 Å². The van der Waals surface area contributed by atoms with Crippen molar-refractivity contribution in [3.8, 4) is 11.5 Å². The molecule has 2 heterocycles. The lowest BCUT2D eigenvalue weighted by atomic mass is 10.2. The molecule has 26 heavy (non-hydrogen) atoms. The molecule has 0 fully saturated rings. The minimum Gasteiger partial charge on any atom is -0.465 e. The number of carbonyl (C=O) groups excluding carboxylic acids is 1. The highest BCUT2D eigenvalue weighted by atomic mass is 16.6. The Kier molecular flexibility index (Phi) is 4.88. The molecule has 9 heteroatoms. The summed E-state index contributed by atoms with van der Waals surface area (Å²) in [6, 6.07) is 9.06. The topological polar surface area (TPSA) is 122 Å². The maximum Gasteiger partial charge on any atom is 0.331 e. The quantitative estimate of drug-likeness (QED) is 0.285. The average molecular weight is 355 g/mol. The average Bonchev–Trinajstić information content (AvgIpc) is 3.32. The van der Waals surface area contributed by atoms with Crippen molar-refractivity contribution in [2.24, 2.45) is 0 Å². The molecule has 0 spiro atoms. The fourth-order valence-electron chi connectivity index (χ4n) is 2.04. The van der Waals surface area contributed by atoms with Gasteiger partial charge in [0.05, 0.1) is 11.2 Å². The zero-order chi connectivity index (χ0) is 18.5. The Morgan fingerprint density at radius 1 is 1.27 bits per heavy atom. The molecular weight excluding hydrogens is 342 g/mol. The van der Waals surface area contributed by atoms with E-state index < -0.39 is 17.0 Å². The number of esters is 1. The molecule has 0 aliphatic heterocycles. The van der Waals surface area contributed by atoms with Crippen LogP contribution in [-0.2, 0) is 9.53 Å². The molecule has 3 aromatic rings. The second-order valence-corrected chi connectivity index (χ2v) is 5.18. The molecule has 0 unspecified atom stereocenters. The number of non-ortho nitro benzene ring substituents is 1. The van der Waals surface area contributed by atoms with Crippen LogP contribution >= 0.6 is 0 Å². The zero-order valence-corrected chi connectivity index (χ0v) is 13.6. The van der Waals surface area contributed by atoms with E-state index in [-0.39, 0.29) is 17.5 Å². The van der Waals surface area contributed by atoms with Crippen molar-refractivity contribution in [1.82, 2.24) is 10.2 Å². The molecule has 1 atom stereocenters. The van der Waals surface area contributed by atoms with Gasteiger partial charge in [0.2, 0.25) is 5.89 Å². The summed E-state index contributed by atoms with van der Waals surface area (Å²) >= 11 is 0.